The average molecular weight is 200 g/mol. The normalized spacial score (nSPS) is 14.6. The minimum absolute atomic E-state index is 0. The molecule has 0 spiro atoms. The van der Waals surface area contributed by atoms with Crippen LogP contribution in [0.2, 0.25) is 0 Å². The maximum atomic E-state index is 4.25. The number of halogens is 1. The molecule has 8 heavy (non-hydrogen) atoms. The van der Waals surface area contributed by atoms with Crippen LogP contribution >= 0.6 is 12.6 Å². The van der Waals surface area contributed by atoms with Crippen LogP contribution in [0.4, 0.5) is 0 Å². The molecule has 0 aliphatic heterocycles. The minimum Gasteiger partial charge on any atom is -1.00 e. The molecule has 0 radical (unpaired) electrons. The highest BCUT2D eigenvalue weighted by molar-refractivity contribution is 7.80. The summed E-state index contributed by atoms with van der Waals surface area (Å²) in [5.74, 6) is 0. The van der Waals surface area contributed by atoms with E-state index in [2.05, 4.69) is 40.7 Å². The van der Waals surface area contributed by atoms with E-state index in [1.165, 1.54) is 0 Å². The summed E-state index contributed by atoms with van der Waals surface area (Å²) in [6.07, 6.45) is 0. The predicted molar refractivity (Wildman–Crippen MR) is 36.5 cm³/mol. The van der Waals surface area contributed by atoms with Gasteiger partial charge in [-0.1, -0.05) is 0 Å². The van der Waals surface area contributed by atoms with Crippen LogP contribution in [0.5, 0.6) is 0 Å². The lowest BCUT2D eigenvalue weighted by Crippen LogP contribution is -3.00. The van der Waals surface area contributed by atoms with Crippen molar-refractivity contribution in [3.63, 3.8) is 0 Å². The third-order valence-electron chi connectivity index (χ3n) is 1.12. The zero-order valence-electron chi connectivity index (χ0n) is 5.85. The Morgan fingerprint density at radius 2 is 1.38 bits per heavy atom. The Bertz CT molecular complexity index is 57.9. The molecule has 52 valence electrons. The SMILES string of the molecule is CC(S)[N+](C)(C)C.[Br-]. The van der Waals surface area contributed by atoms with Crippen molar-refractivity contribution >= 4 is 12.6 Å². The Kier molecular flexibility index (Phi) is 5.42. The van der Waals surface area contributed by atoms with E-state index in [0.29, 0.717) is 5.37 Å². The summed E-state index contributed by atoms with van der Waals surface area (Å²) < 4.78 is 0.920. The number of hydrogen-bond donors (Lipinski definition) is 1. The van der Waals surface area contributed by atoms with Crippen LogP contribution in [0.3, 0.4) is 0 Å². The van der Waals surface area contributed by atoms with E-state index in [9.17, 15) is 0 Å². The third-order valence-corrected chi connectivity index (χ3v) is 1.81. The Morgan fingerprint density at radius 3 is 1.38 bits per heavy atom. The van der Waals surface area contributed by atoms with Crippen LogP contribution in [0.25, 0.3) is 0 Å². The van der Waals surface area contributed by atoms with E-state index < -0.39 is 0 Å². The first-order chi connectivity index (χ1) is 2.94. The highest BCUT2D eigenvalue weighted by Gasteiger charge is 2.11. The molecule has 0 bridgehead atoms. The van der Waals surface area contributed by atoms with Crippen molar-refractivity contribution in [2.45, 2.75) is 12.3 Å². The quantitative estimate of drug-likeness (QED) is 0.282. The van der Waals surface area contributed by atoms with Crippen molar-refractivity contribution in [2.24, 2.45) is 0 Å². The molecule has 0 N–H and O–H groups in total. The number of nitrogens with zero attached hydrogens (tertiary/aromatic N) is 1. The maximum absolute atomic E-state index is 4.25. The van der Waals surface area contributed by atoms with Crippen molar-refractivity contribution in [3.8, 4) is 0 Å². The number of quaternary nitrogens is 1. The summed E-state index contributed by atoms with van der Waals surface area (Å²) in [5, 5.41) is 0.431. The molecule has 0 aliphatic carbocycles. The summed E-state index contributed by atoms with van der Waals surface area (Å²) in [6, 6.07) is 0. The number of thiol groups is 1. The molecule has 0 aliphatic rings. The lowest BCUT2D eigenvalue weighted by atomic mass is 10.6. The van der Waals surface area contributed by atoms with Crippen molar-refractivity contribution in [1.29, 1.82) is 0 Å². The van der Waals surface area contributed by atoms with Gasteiger partial charge in [-0.05, 0) is 6.92 Å². The lowest BCUT2D eigenvalue weighted by molar-refractivity contribution is -0.878. The molecular formula is C5H14BrNS. The average Bonchev–Trinajstić information content (AvgIpc) is 1.31. The molecule has 0 saturated carbocycles. The van der Waals surface area contributed by atoms with Gasteiger partial charge in [0.05, 0.1) is 21.1 Å². The van der Waals surface area contributed by atoms with Gasteiger partial charge in [-0.15, -0.1) is 12.6 Å². The third kappa shape index (κ3) is 4.94. The zero-order chi connectivity index (χ0) is 6.08. The van der Waals surface area contributed by atoms with Crippen LogP contribution in [-0.2, 0) is 0 Å². The first kappa shape index (κ1) is 11.6. The molecular weight excluding hydrogens is 186 g/mol. The van der Waals surface area contributed by atoms with Crippen LogP contribution in [-0.4, -0.2) is 31.0 Å². The second-order valence-electron chi connectivity index (χ2n) is 2.75. The maximum Gasteiger partial charge on any atom is 0.129 e. The van der Waals surface area contributed by atoms with Gasteiger partial charge in [0.1, 0.15) is 5.37 Å². The molecule has 0 saturated heterocycles. The molecule has 1 nitrogen and oxygen atoms in total. The van der Waals surface area contributed by atoms with Gasteiger partial charge >= 0.3 is 0 Å². The van der Waals surface area contributed by atoms with Gasteiger partial charge in [-0.2, -0.15) is 0 Å². The summed E-state index contributed by atoms with van der Waals surface area (Å²) in [4.78, 5) is 0. The second kappa shape index (κ2) is 3.75. The van der Waals surface area contributed by atoms with Crippen LogP contribution < -0.4 is 17.0 Å². The fourth-order valence-corrected chi connectivity index (χ4v) is 0. The Hall–Kier alpha value is 0.790. The molecule has 0 rings (SSSR count). The Morgan fingerprint density at radius 1 is 1.25 bits per heavy atom. The highest BCUT2D eigenvalue weighted by Crippen LogP contribution is 2.03. The lowest BCUT2D eigenvalue weighted by Gasteiger charge is -2.27. The van der Waals surface area contributed by atoms with Crippen molar-refractivity contribution in [2.75, 3.05) is 21.1 Å². The van der Waals surface area contributed by atoms with E-state index in [-0.39, 0.29) is 17.0 Å². The van der Waals surface area contributed by atoms with Gasteiger partial charge in [0.2, 0.25) is 0 Å². The van der Waals surface area contributed by atoms with Crippen molar-refractivity contribution < 1.29 is 21.5 Å². The predicted octanol–water partition coefficient (Wildman–Crippen LogP) is -2.03. The Balaban J connectivity index is 0. The van der Waals surface area contributed by atoms with Crippen molar-refractivity contribution in [1.82, 2.24) is 0 Å². The van der Waals surface area contributed by atoms with Crippen LogP contribution in [0, 0.1) is 0 Å². The molecule has 1 unspecified atom stereocenters. The molecule has 0 fully saturated rings. The smallest absolute Gasteiger partial charge is 0.129 e. The topological polar surface area (TPSA) is 0 Å². The standard InChI is InChI=1S/C5H13NS.BrH/c1-5(7)6(2,3)4;/h5H,1-4H3;1H. The molecule has 0 heterocycles. The second-order valence-corrected chi connectivity index (χ2v) is 3.50. The number of rotatable bonds is 1. The first-order valence-corrected chi connectivity index (χ1v) is 2.95. The van der Waals surface area contributed by atoms with Crippen molar-refractivity contribution in [3.05, 3.63) is 0 Å². The first-order valence-electron chi connectivity index (χ1n) is 2.44. The molecule has 3 heteroatoms. The molecule has 0 amide bonds. The van der Waals surface area contributed by atoms with Gasteiger partial charge in [-0.3, -0.25) is 0 Å². The highest BCUT2D eigenvalue weighted by atomic mass is 79.9. The monoisotopic (exact) mass is 199 g/mol. The fraction of sp³-hybridized carbons (Fsp3) is 1.00. The van der Waals surface area contributed by atoms with Gasteiger partial charge in [0.15, 0.2) is 0 Å². The van der Waals surface area contributed by atoms with Crippen LogP contribution in [0.15, 0.2) is 0 Å². The van der Waals surface area contributed by atoms with Gasteiger partial charge in [-0.25, -0.2) is 0 Å². The number of hydrogen-bond acceptors (Lipinski definition) is 1. The summed E-state index contributed by atoms with van der Waals surface area (Å²) in [5.41, 5.74) is 0. The largest absolute Gasteiger partial charge is 1.00 e. The van der Waals surface area contributed by atoms with E-state index in [4.69, 9.17) is 0 Å². The molecule has 0 aromatic rings. The van der Waals surface area contributed by atoms with E-state index in [1.54, 1.807) is 0 Å². The van der Waals surface area contributed by atoms with E-state index in [0.717, 1.165) is 4.48 Å². The molecule has 0 aromatic heterocycles. The summed E-state index contributed by atoms with van der Waals surface area (Å²) in [6.45, 7) is 2.09. The summed E-state index contributed by atoms with van der Waals surface area (Å²) >= 11 is 4.25. The zero-order valence-corrected chi connectivity index (χ0v) is 8.33. The van der Waals surface area contributed by atoms with Gasteiger partial charge < -0.3 is 21.5 Å². The fourth-order valence-electron chi connectivity index (χ4n) is 0. The molecule has 1 atom stereocenters. The molecule has 0 aromatic carbocycles. The summed E-state index contributed by atoms with van der Waals surface area (Å²) in [7, 11) is 6.37. The van der Waals surface area contributed by atoms with E-state index in [1.807, 2.05) is 0 Å². The Labute approximate surface area is 67.8 Å². The van der Waals surface area contributed by atoms with Gasteiger partial charge in [0, 0.05) is 0 Å². The minimum atomic E-state index is 0. The van der Waals surface area contributed by atoms with Gasteiger partial charge in [0.25, 0.3) is 0 Å². The van der Waals surface area contributed by atoms with Crippen LogP contribution in [0.1, 0.15) is 6.92 Å². The van der Waals surface area contributed by atoms with E-state index >= 15 is 0 Å².